The van der Waals surface area contributed by atoms with Gasteiger partial charge in [0.05, 0.1) is 41.9 Å². The topological polar surface area (TPSA) is 76.6 Å². The molecule has 1 saturated carbocycles. The number of carbonyl (C=O) groups excluding carboxylic acids is 1. The van der Waals surface area contributed by atoms with E-state index < -0.39 is 11.7 Å². The zero-order valence-corrected chi connectivity index (χ0v) is 24.8. The van der Waals surface area contributed by atoms with Crippen LogP contribution >= 0.6 is 23.4 Å². The predicted octanol–water partition coefficient (Wildman–Crippen LogP) is 7.09. The molecule has 1 aromatic heterocycles. The second-order valence-corrected chi connectivity index (χ2v) is 11.2. The molecule has 1 aliphatic carbocycles. The number of nitrogens with zero attached hydrogens (tertiary/aromatic N) is 3. The molecule has 0 bridgehead atoms. The van der Waals surface area contributed by atoms with Gasteiger partial charge in [0.25, 0.3) is 0 Å². The molecule has 0 spiro atoms. The van der Waals surface area contributed by atoms with Gasteiger partial charge in [-0.2, -0.15) is 24.9 Å². The molecule has 12 heteroatoms. The van der Waals surface area contributed by atoms with Crippen molar-refractivity contribution >= 4 is 41.0 Å². The van der Waals surface area contributed by atoms with Gasteiger partial charge in [-0.25, -0.2) is 9.97 Å². The minimum absolute atomic E-state index is 0.0583. The first-order valence-electron chi connectivity index (χ1n) is 13.6. The van der Waals surface area contributed by atoms with Crippen molar-refractivity contribution in [2.75, 3.05) is 48.5 Å². The molecule has 0 saturated heterocycles. The fraction of sp³-hybridized carbons (Fsp3) is 0.607. The van der Waals surface area contributed by atoms with E-state index in [-0.39, 0.29) is 23.5 Å². The van der Waals surface area contributed by atoms with Gasteiger partial charge < -0.3 is 19.7 Å². The molecule has 0 atom stereocenters. The Morgan fingerprint density at radius 1 is 1.15 bits per heavy atom. The number of thioether (sulfide) groups is 1. The van der Waals surface area contributed by atoms with Crippen molar-refractivity contribution < 1.29 is 27.4 Å². The van der Waals surface area contributed by atoms with Gasteiger partial charge in [-0.15, -0.1) is 0 Å². The van der Waals surface area contributed by atoms with Crippen molar-refractivity contribution in [2.45, 2.75) is 58.7 Å². The molecule has 0 unspecified atom stereocenters. The predicted molar refractivity (Wildman–Crippen MR) is 154 cm³/mol. The highest BCUT2D eigenvalue weighted by atomic mass is 35.5. The first kappa shape index (κ1) is 32.1. The number of anilines is 2. The van der Waals surface area contributed by atoms with Crippen molar-refractivity contribution in [3.8, 4) is 5.75 Å². The minimum atomic E-state index is -4.53. The zero-order valence-electron chi connectivity index (χ0n) is 23.2. The Balaban J connectivity index is 1.73. The molecule has 7 nitrogen and oxygen atoms in total. The van der Waals surface area contributed by atoms with Gasteiger partial charge in [-0.3, -0.25) is 4.79 Å². The van der Waals surface area contributed by atoms with Crippen molar-refractivity contribution in [1.82, 2.24) is 9.97 Å². The highest BCUT2D eigenvalue weighted by Gasteiger charge is 2.33. The number of benzene rings is 1. The summed E-state index contributed by atoms with van der Waals surface area (Å²) in [5.41, 5.74) is 0.198. The molecule has 0 aliphatic heterocycles. The average Bonchev–Trinajstić information content (AvgIpc) is 2.92. The summed E-state index contributed by atoms with van der Waals surface area (Å²) in [7, 11) is 0. The zero-order chi connectivity index (χ0) is 29.1. The lowest BCUT2D eigenvalue weighted by Gasteiger charge is -2.34. The van der Waals surface area contributed by atoms with E-state index in [1.807, 2.05) is 13.2 Å². The van der Waals surface area contributed by atoms with Gasteiger partial charge in [0, 0.05) is 31.8 Å². The Kier molecular flexibility index (Phi) is 12.5. The number of halogens is 4. The second kappa shape index (κ2) is 15.6. The number of rotatable bonds is 14. The number of carbonyl (C=O) groups is 1. The van der Waals surface area contributed by atoms with Gasteiger partial charge in [-0.1, -0.05) is 11.6 Å². The lowest BCUT2D eigenvalue weighted by molar-refractivity contribution is -0.144. The largest absolute Gasteiger partial charge is 0.489 e. The van der Waals surface area contributed by atoms with Gasteiger partial charge in [0.1, 0.15) is 0 Å². The SMILES string of the molecule is CCOC(=O)CC1CCC(CN(CC)c2c(Cl)cc(C(F)(F)F)cc2CNc2ncc(OCCSC)cn2)CC1. The summed E-state index contributed by atoms with van der Waals surface area (Å²) in [6, 6.07) is 2.14. The maximum Gasteiger partial charge on any atom is 0.416 e. The molecular weight excluding hydrogens is 565 g/mol. The molecule has 3 rings (SSSR count). The van der Waals surface area contributed by atoms with E-state index in [9.17, 15) is 18.0 Å². The molecule has 222 valence electrons. The van der Waals surface area contributed by atoms with Crippen molar-refractivity contribution in [2.24, 2.45) is 11.8 Å². The Morgan fingerprint density at radius 3 is 2.42 bits per heavy atom. The Hall–Kier alpha value is -2.40. The Labute approximate surface area is 243 Å². The maximum atomic E-state index is 13.7. The molecule has 1 heterocycles. The summed E-state index contributed by atoms with van der Waals surface area (Å²) in [6.07, 6.45) is 4.67. The molecule has 0 amide bonds. The van der Waals surface area contributed by atoms with Crippen LogP contribution in [0, 0.1) is 11.8 Å². The van der Waals surface area contributed by atoms with E-state index in [0.717, 1.165) is 43.6 Å². The number of hydrogen-bond donors (Lipinski definition) is 1. The van der Waals surface area contributed by atoms with Crippen molar-refractivity contribution in [3.63, 3.8) is 0 Å². The lowest BCUT2D eigenvalue weighted by atomic mass is 9.80. The van der Waals surface area contributed by atoms with Crippen LogP contribution in [-0.4, -0.2) is 54.2 Å². The van der Waals surface area contributed by atoms with Gasteiger partial charge in [-0.05, 0) is 75.3 Å². The van der Waals surface area contributed by atoms with Crippen molar-refractivity contribution in [3.05, 3.63) is 40.7 Å². The molecule has 0 radical (unpaired) electrons. The van der Waals surface area contributed by atoms with Gasteiger partial charge in [0.15, 0.2) is 5.75 Å². The first-order chi connectivity index (χ1) is 19.1. The van der Waals surface area contributed by atoms with Crippen LogP contribution in [-0.2, 0) is 22.3 Å². The fourth-order valence-corrected chi connectivity index (χ4v) is 5.58. The van der Waals surface area contributed by atoms with E-state index in [1.54, 1.807) is 18.7 Å². The van der Waals surface area contributed by atoms with Crippen LogP contribution in [0.4, 0.5) is 24.8 Å². The molecule has 2 aromatic rings. The molecule has 1 fully saturated rings. The number of ether oxygens (including phenoxy) is 2. The highest BCUT2D eigenvalue weighted by molar-refractivity contribution is 7.98. The summed E-state index contributed by atoms with van der Waals surface area (Å²) >= 11 is 8.20. The van der Waals surface area contributed by atoms with Crippen LogP contribution in [0.1, 0.15) is 57.1 Å². The van der Waals surface area contributed by atoms with E-state index in [1.165, 1.54) is 12.4 Å². The number of aromatic nitrogens is 2. The van der Waals surface area contributed by atoms with Gasteiger partial charge >= 0.3 is 12.1 Å². The van der Waals surface area contributed by atoms with Crippen molar-refractivity contribution in [1.29, 1.82) is 0 Å². The first-order valence-corrected chi connectivity index (χ1v) is 15.4. The number of esters is 1. The van der Waals surface area contributed by atoms with E-state index >= 15 is 0 Å². The third-order valence-corrected chi connectivity index (χ3v) is 7.86. The number of hydrogen-bond acceptors (Lipinski definition) is 8. The number of nitrogens with one attached hydrogen (secondary N) is 1. The highest BCUT2D eigenvalue weighted by Crippen LogP contribution is 2.40. The van der Waals surface area contributed by atoms with Crippen LogP contribution in [0.3, 0.4) is 0 Å². The van der Waals surface area contributed by atoms with Gasteiger partial charge in [0.2, 0.25) is 5.95 Å². The molecule has 1 aromatic carbocycles. The van der Waals surface area contributed by atoms with E-state index in [4.69, 9.17) is 21.1 Å². The van der Waals surface area contributed by atoms with Crippen LogP contribution in [0.5, 0.6) is 5.75 Å². The molecule has 1 N–H and O–H groups in total. The smallest absolute Gasteiger partial charge is 0.416 e. The molecule has 1 aliphatic rings. The third-order valence-electron chi connectivity index (χ3n) is 6.99. The van der Waals surface area contributed by atoms with Crippen LogP contribution in [0.15, 0.2) is 24.5 Å². The van der Waals surface area contributed by atoms with E-state index in [2.05, 4.69) is 20.2 Å². The standard InChI is InChI=1S/C28H38ClF3N4O3S/c1-4-36(18-20-8-6-19(7-9-20)12-25(37)38-5-2)26-21(13-22(14-24(26)29)28(30,31)32)15-33-27-34-16-23(17-35-27)39-10-11-40-3/h13-14,16-17,19-20H,4-12,15,18H2,1-3H3,(H,33,34,35). The molecular formula is C28H38ClF3N4O3S. The second-order valence-electron chi connectivity index (χ2n) is 9.84. The lowest BCUT2D eigenvalue weighted by Crippen LogP contribution is -2.33. The normalized spacial score (nSPS) is 17.4. The van der Waals surface area contributed by atoms with Crippen LogP contribution in [0.2, 0.25) is 5.02 Å². The van der Waals surface area contributed by atoms with Crippen LogP contribution in [0.25, 0.3) is 0 Å². The van der Waals surface area contributed by atoms with Crippen LogP contribution < -0.4 is 15.0 Å². The monoisotopic (exact) mass is 602 g/mol. The fourth-order valence-electron chi connectivity index (χ4n) is 4.97. The number of alkyl halides is 3. The average molecular weight is 603 g/mol. The minimum Gasteiger partial charge on any atom is -0.489 e. The summed E-state index contributed by atoms with van der Waals surface area (Å²) < 4.78 is 51.7. The summed E-state index contributed by atoms with van der Waals surface area (Å²) in [6.45, 7) is 6.00. The molecule has 40 heavy (non-hydrogen) atoms. The third kappa shape index (κ3) is 9.61. The summed E-state index contributed by atoms with van der Waals surface area (Å²) in [5.74, 6) is 2.14. The Morgan fingerprint density at radius 2 is 1.82 bits per heavy atom. The maximum absolute atomic E-state index is 13.7. The Bertz CT molecular complexity index is 1080. The summed E-state index contributed by atoms with van der Waals surface area (Å²) in [4.78, 5) is 22.4. The summed E-state index contributed by atoms with van der Waals surface area (Å²) in [5, 5.41) is 3.10. The van der Waals surface area contributed by atoms with E-state index in [0.29, 0.717) is 61.6 Å². The quantitative estimate of drug-likeness (QED) is 0.181.